The molecule has 0 radical (unpaired) electrons. The molecule has 2 N–H and O–H groups in total. The van der Waals surface area contributed by atoms with Gasteiger partial charge < -0.3 is 10.2 Å². The molecular weight excluding hydrogens is 176 g/mol. The van der Waals surface area contributed by atoms with Crippen molar-refractivity contribution in [3.8, 4) is 11.5 Å². The maximum atomic E-state index is 10.6. The molecule has 0 unspecified atom stereocenters. The maximum Gasteiger partial charge on any atom is 0.122 e. The molecule has 0 saturated carbocycles. The van der Waals surface area contributed by atoms with Gasteiger partial charge in [-0.15, -0.1) is 0 Å². The summed E-state index contributed by atoms with van der Waals surface area (Å²) in [5.74, 6) is -11.1. The topological polar surface area (TPSA) is 40.5 Å². The van der Waals surface area contributed by atoms with Crippen LogP contribution in [-0.4, -0.2) is 10.2 Å². The van der Waals surface area contributed by atoms with Crippen LogP contribution in [0.4, 0.5) is 0 Å². The standard InChI is InChI=1S/C12H18O2/c1-7(2)10-5-9(13)6-11(8(3)4)12(10)14/h5-8,13-14H,1-4H3/i1D3,2D3,3D3,4D3,5D,6D,7D,8D. The predicted molar refractivity (Wildman–Crippen MR) is 57.9 cm³/mol. The molecule has 14 heavy (non-hydrogen) atoms. The number of phenolic OH excluding ortho intramolecular Hbond substituents is 2. The Bertz CT molecular complexity index is 734. The quantitative estimate of drug-likeness (QED) is 0.735. The molecule has 1 rings (SSSR count). The first-order valence-corrected chi connectivity index (χ1v) is 3.45. The summed E-state index contributed by atoms with van der Waals surface area (Å²) in [7, 11) is 0. The summed E-state index contributed by atoms with van der Waals surface area (Å²) >= 11 is 0. The Morgan fingerprint density at radius 2 is 1.57 bits per heavy atom. The monoisotopic (exact) mass is 210 g/mol. The summed E-state index contributed by atoms with van der Waals surface area (Å²) in [6.07, 6.45) is 0. The predicted octanol–water partition coefficient (Wildman–Crippen LogP) is 3.34. The van der Waals surface area contributed by atoms with Crippen molar-refractivity contribution in [1.82, 2.24) is 0 Å². The summed E-state index contributed by atoms with van der Waals surface area (Å²) in [6, 6.07) is -3.00. The molecule has 0 heterocycles. The molecule has 0 spiro atoms. The van der Waals surface area contributed by atoms with Gasteiger partial charge in [-0.3, -0.25) is 0 Å². The summed E-state index contributed by atoms with van der Waals surface area (Å²) in [6.45, 7) is -15.2. The zero-order chi connectivity index (χ0) is 24.5. The van der Waals surface area contributed by atoms with E-state index in [0.717, 1.165) is 0 Å². The largest absolute Gasteiger partial charge is 0.508 e. The van der Waals surface area contributed by atoms with Crippen molar-refractivity contribution in [1.29, 1.82) is 0 Å². The van der Waals surface area contributed by atoms with E-state index in [-0.39, 0.29) is 0 Å². The second kappa shape index (κ2) is 3.91. The Morgan fingerprint density at radius 1 is 1.14 bits per heavy atom. The molecule has 0 fully saturated rings. The molecule has 0 aliphatic rings. The van der Waals surface area contributed by atoms with E-state index >= 15 is 0 Å². The Kier molecular flexibility index (Phi) is 0.602. The normalized spacial score (nSPS) is 33.1. The minimum absolute atomic E-state index is 1.50. The average molecular weight is 210 g/mol. The van der Waals surface area contributed by atoms with E-state index in [4.69, 9.17) is 21.9 Å². The molecule has 0 aromatic heterocycles. The van der Waals surface area contributed by atoms with Gasteiger partial charge in [-0.05, 0) is 23.9 Å². The summed E-state index contributed by atoms with van der Waals surface area (Å²) in [5.41, 5.74) is -3.28. The highest BCUT2D eigenvalue weighted by Crippen LogP contribution is 2.36. The van der Waals surface area contributed by atoms with Crippen LogP contribution in [0.2, 0.25) is 0 Å². The van der Waals surface area contributed by atoms with Gasteiger partial charge in [-0.2, -0.15) is 0 Å². The highest BCUT2D eigenvalue weighted by Gasteiger charge is 2.14. The molecule has 1 aromatic carbocycles. The van der Waals surface area contributed by atoms with Crippen LogP contribution in [0.5, 0.6) is 11.5 Å². The van der Waals surface area contributed by atoms with Gasteiger partial charge in [0, 0.05) is 30.3 Å². The van der Waals surface area contributed by atoms with Crippen molar-refractivity contribution >= 4 is 0 Å². The van der Waals surface area contributed by atoms with Crippen molar-refractivity contribution in [3.63, 3.8) is 0 Å². The molecule has 2 nitrogen and oxygen atoms in total. The summed E-state index contributed by atoms with van der Waals surface area (Å²) in [4.78, 5) is 0. The molecule has 0 amide bonds. The van der Waals surface area contributed by atoms with Crippen LogP contribution < -0.4 is 0 Å². The Morgan fingerprint density at radius 3 is 1.93 bits per heavy atom. The van der Waals surface area contributed by atoms with E-state index in [1.807, 2.05) is 0 Å². The summed E-state index contributed by atoms with van der Waals surface area (Å²) in [5, 5.41) is 20.7. The van der Waals surface area contributed by atoms with Crippen LogP contribution in [0.3, 0.4) is 0 Å². The number of hydrogen-bond donors (Lipinski definition) is 2. The van der Waals surface area contributed by atoms with E-state index in [2.05, 4.69) is 0 Å². The molecule has 1 aromatic rings. The van der Waals surface area contributed by atoms with Crippen LogP contribution in [0.1, 0.15) is 72.3 Å². The summed E-state index contributed by atoms with van der Waals surface area (Å²) < 4.78 is 121. The highest BCUT2D eigenvalue weighted by atomic mass is 16.3. The molecule has 0 atom stereocenters. The smallest absolute Gasteiger partial charge is 0.122 e. The van der Waals surface area contributed by atoms with Crippen molar-refractivity contribution in [2.45, 2.75) is 39.2 Å². The van der Waals surface area contributed by atoms with E-state index in [1.165, 1.54) is 0 Å². The third-order valence-electron chi connectivity index (χ3n) is 1.46. The minimum atomic E-state index is -3.84. The average Bonchev–Trinajstić information content (AvgIpc) is 2.48. The SMILES string of the molecule is [2H]c1c(O)c([2H])c(C([2H])(C([2H])([2H])[2H])C([2H])([2H])[2H])c(O)c1C([2H])(C([2H])([2H])[2H])C([2H])([2H])[2H]. The van der Waals surface area contributed by atoms with E-state index in [9.17, 15) is 10.2 Å². The first-order chi connectivity index (χ1) is 12.9. The third kappa shape index (κ3) is 2.00. The lowest BCUT2D eigenvalue weighted by Crippen LogP contribution is -1.95. The van der Waals surface area contributed by atoms with Crippen LogP contribution >= 0.6 is 0 Å². The van der Waals surface area contributed by atoms with Crippen molar-refractivity contribution in [2.24, 2.45) is 0 Å². The van der Waals surface area contributed by atoms with E-state index in [0.29, 0.717) is 0 Å². The van der Waals surface area contributed by atoms with E-state index in [1.54, 1.807) is 0 Å². The zero-order valence-electron chi connectivity index (χ0n) is 22.9. The molecule has 2 heteroatoms. The van der Waals surface area contributed by atoms with Gasteiger partial charge in [-0.1, -0.05) is 27.4 Å². The maximum absolute atomic E-state index is 10.6. The number of phenols is 2. The van der Waals surface area contributed by atoms with Crippen LogP contribution in [0, 0.1) is 0 Å². The Hall–Kier alpha value is -1.18. The van der Waals surface area contributed by atoms with Gasteiger partial charge in [0.05, 0.1) is 2.74 Å². The second-order valence-corrected chi connectivity index (χ2v) is 2.45. The fourth-order valence-electron chi connectivity index (χ4n) is 0.873. The first-order valence-electron chi connectivity index (χ1n) is 11.4. The fraction of sp³-hybridized carbons (Fsp3) is 0.500. The van der Waals surface area contributed by atoms with E-state index < -0.39 is 73.9 Å². The zero-order valence-corrected chi connectivity index (χ0v) is 6.89. The fourth-order valence-corrected chi connectivity index (χ4v) is 0.873. The Balaban J connectivity index is 4.41. The van der Waals surface area contributed by atoms with Crippen molar-refractivity contribution < 1.29 is 32.1 Å². The van der Waals surface area contributed by atoms with Crippen LogP contribution in [0.15, 0.2) is 12.1 Å². The van der Waals surface area contributed by atoms with Gasteiger partial charge in [0.25, 0.3) is 0 Å². The lowest BCUT2D eigenvalue weighted by atomic mass is 9.93. The third-order valence-corrected chi connectivity index (χ3v) is 1.46. The second-order valence-electron chi connectivity index (χ2n) is 2.45. The minimum Gasteiger partial charge on any atom is -0.508 e. The molecule has 0 bridgehead atoms. The molecule has 0 aliphatic carbocycles. The highest BCUT2D eigenvalue weighted by molar-refractivity contribution is 5.48. The molecule has 0 saturated heterocycles. The number of hydrogen-bond acceptors (Lipinski definition) is 2. The lowest BCUT2D eigenvalue weighted by molar-refractivity contribution is 0.441. The van der Waals surface area contributed by atoms with Crippen LogP contribution in [0.25, 0.3) is 0 Å². The first kappa shape index (κ1) is 2.16. The van der Waals surface area contributed by atoms with Gasteiger partial charge in [0.2, 0.25) is 0 Å². The number of rotatable bonds is 2. The Labute approximate surface area is 108 Å². The lowest BCUT2D eigenvalue weighted by Gasteiger charge is -2.15. The van der Waals surface area contributed by atoms with Crippen LogP contribution in [-0.2, 0) is 0 Å². The van der Waals surface area contributed by atoms with Gasteiger partial charge in [-0.25, -0.2) is 0 Å². The van der Waals surface area contributed by atoms with Crippen molar-refractivity contribution in [3.05, 3.63) is 23.2 Å². The van der Waals surface area contributed by atoms with Gasteiger partial charge in [0.15, 0.2) is 0 Å². The van der Waals surface area contributed by atoms with Gasteiger partial charge in [0.1, 0.15) is 11.5 Å². The van der Waals surface area contributed by atoms with Crippen molar-refractivity contribution in [2.75, 3.05) is 0 Å². The molecular formula is C12H18O2. The number of aromatic hydroxyl groups is 2. The number of benzene rings is 1. The molecule has 0 aliphatic heterocycles. The molecule has 78 valence electrons. The van der Waals surface area contributed by atoms with Gasteiger partial charge >= 0.3 is 0 Å².